The molecule has 1 fully saturated rings. The number of benzene rings is 1. The molecule has 1 aromatic rings. The number of halogens is 4. The summed E-state index contributed by atoms with van der Waals surface area (Å²) in [6, 6.07) is 3.28. The van der Waals surface area contributed by atoms with Gasteiger partial charge < -0.3 is 10.2 Å². The number of carbonyl (C=O) groups is 1. The van der Waals surface area contributed by atoms with Crippen LogP contribution in [-0.4, -0.2) is 29.7 Å². The molecule has 3 nitrogen and oxygen atoms in total. The first-order valence-electron chi connectivity index (χ1n) is 6.65. The summed E-state index contributed by atoms with van der Waals surface area (Å²) in [5.74, 6) is 0. The van der Waals surface area contributed by atoms with Crippen LogP contribution in [-0.2, 0) is 12.0 Å². The molecule has 1 heterocycles. The lowest BCUT2D eigenvalue weighted by Crippen LogP contribution is -2.44. The first kappa shape index (κ1) is 14.7. The number of carbonyl (C=O) groups excluding carboxylic acids is 1. The Morgan fingerprint density at radius 2 is 2.14 bits per heavy atom. The largest absolute Gasteiger partial charge is 0.410 e. The highest BCUT2D eigenvalue weighted by Gasteiger charge is 2.52. The van der Waals surface area contributed by atoms with Gasteiger partial charge >= 0.3 is 12.2 Å². The Morgan fingerprint density at radius 3 is 2.76 bits per heavy atom. The maximum absolute atomic E-state index is 12.8. The number of amides is 2. The van der Waals surface area contributed by atoms with Crippen molar-refractivity contribution < 1.29 is 18.0 Å². The van der Waals surface area contributed by atoms with Crippen LogP contribution in [0.4, 0.5) is 18.0 Å². The molecule has 0 aromatic heterocycles. The average Bonchev–Trinajstić information content (AvgIpc) is 2.91. The number of urea groups is 1. The number of aryl methyl sites for hydroxylation is 1. The summed E-state index contributed by atoms with van der Waals surface area (Å²) < 4.78 is 39.4. The molecule has 0 bridgehead atoms. The van der Waals surface area contributed by atoms with E-state index in [1.165, 1.54) is 4.90 Å². The molecule has 0 saturated carbocycles. The maximum atomic E-state index is 12.8. The fourth-order valence-electron chi connectivity index (χ4n) is 3.24. The number of alkyl halides is 3. The first-order valence-corrected chi connectivity index (χ1v) is 7.45. The maximum Gasteiger partial charge on any atom is 0.410 e. The van der Waals surface area contributed by atoms with E-state index in [1.807, 2.05) is 30.4 Å². The molecule has 0 spiro atoms. The molecule has 1 N–H and O–H groups in total. The minimum absolute atomic E-state index is 0.339. The number of rotatable bonds is 1. The van der Waals surface area contributed by atoms with Gasteiger partial charge in [-0.25, -0.2) is 4.79 Å². The zero-order valence-corrected chi connectivity index (χ0v) is 12.9. The molecular weight excluding hydrogens is 349 g/mol. The number of nitrogens with zero attached hydrogens (tertiary/aromatic N) is 1. The van der Waals surface area contributed by atoms with Crippen molar-refractivity contribution in [2.24, 2.45) is 0 Å². The minimum atomic E-state index is -4.41. The van der Waals surface area contributed by atoms with Gasteiger partial charge in [0.25, 0.3) is 0 Å². The van der Waals surface area contributed by atoms with Crippen molar-refractivity contribution in [1.29, 1.82) is 0 Å². The van der Waals surface area contributed by atoms with Crippen LogP contribution in [0.2, 0.25) is 0 Å². The van der Waals surface area contributed by atoms with E-state index in [0.29, 0.717) is 6.42 Å². The van der Waals surface area contributed by atoms with Crippen LogP contribution in [0.15, 0.2) is 22.7 Å². The van der Waals surface area contributed by atoms with E-state index in [4.69, 9.17) is 0 Å². The van der Waals surface area contributed by atoms with Gasteiger partial charge in [0, 0.05) is 4.47 Å². The quantitative estimate of drug-likeness (QED) is 0.813. The van der Waals surface area contributed by atoms with E-state index >= 15 is 0 Å². The average molecular weight is 363 g/mol. The second-order valence-electron chi connectivity index (χ2n) is 5.73. The smallest absolute Gasteiger partial charge is 0.324 e. The predicted octanol–water partition coefficient (Wildman–Crippen LogP) is 3.57. The Hall–Kier alpha value is -1.24. The predicted molar refractivity (Wildman–Crippen MR) is 74.9 cm³/mol. The summed E-state index contributed by atoms with van der Waals surface area (Å²) in [5, 5.41) is 2.04. The lowest BCUT2D eigenvalue weighted by Gasteiger charge is -2.35. The van der Waals surface area contributed by atoms with Gasteiger partial charge in [0.1, 0.15) is 6.04 Å². The summed E-state index contributed by atoms with van der Waals surface area (Å²) in [6.45, 7) is 1.50. The Bertz CT molecular complexity index is 604. The van der Waals surface area contributed by atoms with Crippen LogP contribution < -0.4 is 5.32 Å². The topological polar surface area (TPSA) is 32.3 Å². The fourth-order valence-corrected chi connectivity index (χ4v) is 3.65. The van der Waals surface area contributed by atoms with Gasteiger partial charge in [0.15, 0.2) is 0 Å². The van der Waals surface area contributed by atoms with Gasteiger partial charge in [-0.05, 0) is 43.0 Å². The number of hydrogen-bond donors (Lipinski definition) is 1. The molecule has 1 unspecified atom stereocenters. The van der Waals surface area contributed by atoms with Crippen LogP contribution in [0.5, 0.6) is 0 Å². The summed E-state index contributed by atoms with van der Waals surface area (Å²) in [5.41, 5.74) is 1.33. The molecule has 0 radical (unpaired) electrons. The van der Waals surface area contributed by atoms with Gasteiger partial charge in [-0.1, -0.05) is 22.0 Å². The van der Waals surface area contributed by atoms with Crippen molar-refractivity contribution in [3.8, 4) is 0 Å². The van der Waals surface area contributed by atoms with Crippen molar-refractivity contribution in [1.82, 2.24) is 10.2 Å². The van der Waals surface area contributed by atoms with Crippen molar-refractivity contribution in [3.05, 3.63) is 33.8 Å². The van der Waals surface area contributed by atoms with Crippen molar-refractivity contribution in [2.75, 3.05) is 6.54 Å². The lowest BCUT2D eigenvalue weighted by atomic mass is 9.92. The van der Waals surface area contributed by atoms with Gasteiger partial charge in [-0.2, -0.15) is 13.2 Å². The van der Waals surface area contributed by atoms with Gasteiger partial charge in [-0.3, -0.25) is 0 Å². The van der Waals surface area contributed by atoms with Crippen molar-refractivity contribution >= 4 is 22.0 Å². The van der Waals surface area contributed by atoms with E-state index in [0.717, 1.165) is 22.0 Å². The summed E-state index contributed by atoms with van der Waals surface area (Å²) >= 11 is 3.39. The van der Waals surface area contributed by atoms with Crippen LogP contribution in [0, 0.1) is 0 Å². The number of hydrogen-bond acceptors (Lipinski definition) is 1. The third-order valence-corrected chi connectivity index (χ3v) is 4.92. The molecule has 2 amide bonds. The second-order valence-corrected chi connectivity index (χ2v) is 6.65. The van der Waals surface area contributed by atoms with E-state index in [9.17, 15) is 18.0 Å². The van der Waals surface area contributed by atoms with Crippen LogP contribution in [0.1, 0.15) is 24.5 Å². The molecule has 2 atom stereocenters. The molecule has 1 saturated heterocycles. The highest BCUT2D eigenvalue weighted by molar-refractivity contribution is 9.10. The Labute approximate surface area is 128 Å². The third kappa shape index (κ3) is 2.31. The SMILES string of the molecule is CC1(N2C[C@@H](C(F)(F)F)NC2=O)CCc2cc(Br)ccc21. The number of nitrogens with one attached hydrogen (secondary N) is 1. The molecule has 21 heavy (non-hydrogen) atoms. The molecule has 7 heteroatoms. The van der Waals surface area contributed by atoms with Gasteiger partial charge in [-0.15, -0.1) is 0 Å². The molecule has 2 aliphatic rings. The second kappa shape index (κ2) is 4.63. The zero-order valence-electron chi connectivity index (χ0n) is 11.3. The Balaban J connectivity index is 1.94. The highest BCUT2D eigenvalue weighted by Crippen LogP contribution is 2.44. The van der Waals surface area contributed by atoms with E-state index in [1.54, 1.807) is 0 Å². The molecular formula is C14H14BrF3N2O. The summed E-state index contributed by atoms with van der Waals surface area (Å²) in [6.07, 6.45) is -3.02. The Kier molecular flexibility index (Phi) is 3.24. The normalized spacial score (nSPS) is 28.7. The molecule has 3 rings (SSSR count). The minimum Gasteiger partial charge on any atom is -0.324 e. The summed E-state index contributed by atoms with van der Waals surface area (Å²) in [4.78, 5) is 13.3. The molecule has 114 valence electrons. The monoisotopic (exact) mass is 362 g/mol. The molecule has 1 aliphatic heterocycles. The fraction of sp³-hybridized carbons (Fsp3) is 0.500. The van der Waals surface area contributed by atoms with Gasteiger partial charge in [0.05, 0.1) is 12.1 Å². The van der Waals surface area contributed by atoms with Crippen LogP contribution >= 0.6 is 15.9 Å². The highest BCUT2D eigenvalue weighted by atomic mass is 79.9. The van der Waals surface area contributed by atoms with E-state index in [-0.39, 0.29) is 6.54 Å². The Morgan fingerprint density at radius 1 is 1.43 bits per heavy atom. The standard InChI is InChI=1S/C14H14BrF3N2O/c1-13(5-4-8-6-9(15)2-3-10(8)13)20-7-11(14(16,17)18)19-12(20)21/h2-3,6,11H,4-5,7H2,1H3,(H,19,21)/t11-,13?/m0/s1. The lowest BCUT2D eigenvalue weighted by molar-refractivity contribution is -0.150. The molecule has 1 aliphatic carbocycles. The summed E-state index contributed by atoms with van der Waals surface area (Å²) in [7, 11) is 0. The molecule has 1 aromatic carbocycles. The zero-order chi connectivity index (χ0) is 15.4. The van der Waals surface area contributed by atoms with Crippen molar-refractivity contribution in [3.63, 3.8) is 0 Å². The van der Waals surface area contributed by atoms with Crippen molar-refractivity contribution in [2.45, 2.75) is 37.5 Å². The third-order valence-electron chi connectivity index (χ3n) is 4.43. The van der Waals surface area contributed by atoms with Crippen LogP contribution in [0.25, 0.3) is 0 Å². The van der Waals surface area contributed by atoms with E-state index < -0.39 is 23.8 Å². The first-order chi connectivity index (χ1) is 9.72. The van der Waals surface area contributed by atoms with Crippen LogP contribution in [0.3, 0.4) is 0 Å². The number of fused-ring (bicyclic) bond motifs is 1. The van der Waals surface area contributed by atoms with E-state index in [2.05, 4.69) is 15.9 Å². The van der Waals surface area contributed by atoms with Gasteiger partial charge in [0.2, 0.25) is 0 Å².